The highest BCUT2D eigenvalue weighted by atomic mass is 35.5. The maximum absolute atomic E-state index is 11.6. The Bertz CT molecular complexity index is 498. The molecule has 0 unspecified atom stereocenters. The second-order valence-corrected chi connectivity index (χ2v) is 4.97. The molecule has 1 aromatic rings. The van der Waals surface area contributed by atoms with Gasteiger partial charge in [0.2, 0.25) is 5.91 Å². The monoisotopic (exact) mass is 279 g/mol. The van der Waals surface area contributed by atoms with Crippen LogP contribution in [-0.2, 0) is 21.7 Å². The summed E-state index contributed by atoms with van der Waals surface area (Å²) in [5.74, 6) is 0.0242. The van der Waals surface area contributed by atoms with Gasteiger partial charge < -0.3 is 22.0 Å². The van der Waals surface area contributed by atoms with Crippen LogP contribution >= 0.6 is 0 Å². The van der Waals surface area contributed by atoms with Gasteiger partial charge in [-0.3, -0.25) is 4.79 Å². The summed E-state index contributed by atoms with van der Waals surface area (Å²) in [4.78, 5) is 13.4. The number of hydrogen-bond donors (Lipinski definition) is 0. The minimum Gasteiger partial charge on any atom is -1.00 e. The van der Waals surface area contributed by atoms with Crippen molar-refractivity contribution in [2.24, 2.45) is 0 Å². The number of benzene rings is 1. The summed E-state index contributed by atoms with van der Waals surface area (Å²) in [5, 5.41) is 0. The number of carbonyl (C=O) groups is 1. The smallest absolute Gasteiger partial charge is 1.00 e. The van der Waals surface area contributed by atoms with E-state index < -0.39 is 0 Å². The first kappa shape index (κ1) is 14.1. The molecule has 2 heterocycles. The molecule has 3 nitrogen and oxygen atoms in total. The molecule has 0 radical (unpaired) electrons. The van der Waals surface area contributed by atoms with E-state index in [0.29, 0.717) is 6.61 Å². The van der Waals surface area contributed by atoms with Crippen LogP contribution in [-0.4, -0.2) is 23.9 Å². The molecule has 2 aliphatic rings. The summed E-state index contributed by atoms with van der Waals surface area (Å²) < 4.78 is 6.05. The zero-order chi connectivity index (χ0) is 12.6. The minimum absolute atomic E-state index is 0. The fourth-order valence-electron chi connectivity index (χ4n) is 3.02. The topological polar surface area (TPSA) is 29.5 Å². The van der Waals surface area contributed by atoms with Crippen molar-refractivity contribution in [2.45, 2.75) is 25.0 Å². The van der Waals surface area contributed by atoms with E-state index in [1.807, 2.05) is 4.90 Å². The molecule has 0 N–H and O–H groups in total. The highest BCUT2D eigenvalue weighted by Crippen LogP contribution is 2.43. The van der Waals surface area contributed by atoms with Crippen LogP contribution < -0.4 is 12.4 Å². The number of hydrogen-bond acceptors (Lipinski definition) is 2. The number of rotatable bonds is 1. The molecule has 1 spiro atoms. The van der Waals surface area contributed by atoms with Gasteiger partial charge in [-0.2, -0.15) is 0 Å². The van der Waals surface area contributed by atoms with Crippen LogP contribution in [0.3, 0.4) is 0 Å². The zero-order valence-electron chi connectivity index (χ0n) is 11.8. The Morgan fingerprint density at radius 3 is 2.74 bits per heavy atom. The van der Waals surface area contributed by atoms with E-state index in [1.54, 1.807) is 0 Å². The van der Waals surface area contributed by atoms with E-state index in [2.05, 4.69) is 30.8 Å². The van der Waals surface area contributed by atoms with Gasteiger partial charge in [-0.25, -0.2) is 0 Å². The molecule has 0 saturated carbocycles. The lowest BCUT2D eigenvalue weighted by Crippen LogP contribution is -3.00. The van der Waals surface area contributed by atoms with Gasteiger partial charge in [-0.15, -0.1) is 0 Å². The van der Waals surface area contributed by atoms with Crippen molar-refractivity contribution in [3.63, 3.8) is 0 Å². The van der Waals surface area contributed by atoms with Crippen LogP contribution in [0.15, 0.2) is 36.9 Å². The van der Waals surface area contributed by atoms with Crippen LogP contribution in [0.2, 0.25) is 0 Å². The molecule has 3 rings (SSSR count). The standard InChI is InChI=1S/C15H17NO2.ClH/c1-2-14(17)16-9-7-15(8-10-16)13-6-4-3-5-12(13)11-18-15;/h2-6H,1,7-11H2;1H. The van der Waals surface area contributed by atoms with Crippen molar-refractivity contribution in [2.75, 3.05) is 13.1 Å². The first-order valence-electron chi connectivity index (χ1n) is 6.39. The van der Waals surface area contributed by atoms with Gasteiger partial charge in [0.25, 0.3) is 0 Å². The maximum atomic E-state index is 11.6. The number of piperidine rings is 1. The third kappa shape index (κ3) is 2.28. The molecule has 19 heavy (non-hydrogen) atoms. The number of ether oxygens (including phenoxy) is 1. The molecule has 2 aliphatic heterocycles. The number of fused-ring (bicyclic) bond motifs is 2. The predicted octanol–water partition coefficient (Wildman–Crippen LogP) is -0.663. The summed E-state index contributed by atoms with van der Waals surface area (Å²) in [6, 6.07) is 8.41. The van der Waals surface area contributed by atoms with Gasteiger partial charge in [0.1, 0.15) is 0 Å². The van der Waals surface area contributed by atoms with Crippen LogP contribution in [0.5, 0.6) is 0 Å². The van der Waals surface area contributed by atoms with Crippen LogP contribution in [0.4, 0.5) is 0 Å². The molecule has 0 aromatic heterocycles. The first-order valence-corrected chi connectivity index (χ1v) is 6.39. The van der Waals surface area contributed by atoms with Crippen molar-refractivity contribution in [3.05, 3.63) is 48.0 Å². The van der Waals surface area contributed by atoms with E-state index in [1.165, 1.54) is 17.2 Å². The summed E-state index contributed by atoms with van der Waals surface area (Å²) in [7, 11) is 0. The van der Waals surface area contributed by atoms with Crippen molar-refractivity contribution in [1.29, 1.82) is 0 Å². The van der Waals surface area contributed by atoms with Crippen LogP contribution in [0.1, 0.15) is 25.4 Å². The molecular formula is C15H18ClNO2. The molecular weight excluding hydrogens is 262 g/mol. The Labute approximate surface area is 121 Å². The molecule has 1 fully saturated rings. The number of nitrogens with zero attached hydrogens (tertiary/aromatic N) is 1. The summed E-state index contributed by atoms with van der Waals surface area (Å²) >= 11 is 0. The Hall–Kier alpha value is -1.32. The van der Waals surface area contributed by atoms with Gasteiger partial charge in [0, 0.05) is 13.1 Å². The molecule has 1 aromatic carbocycles. The third-order valence-electron chi connectivity index (χ3n) is 4.07. The average Bonchev–Trinajstić information content (AvgIpc) is 2.78. The van der Waals surface area contributed by atoms with Crippen molar-refractivity contribution >= 4 is 5.91 Å². The second-order valence-electron chi connectivity index (χ2n) is 4.97. The van der Waals surface area contributed by atoms with E-state index >= 15 is 0 Å². The van der Waals surface area contributed by atoms with Gasteiger partial charge >= 0.3 is 1.43 Å². The molecule has 1 saturated heterocycles. The minimum atomic E-state index is -0.158. The highest BCUT2D eigenvalue weighted by Gasteiger charge is 2.42. The average molecular weight is 280 g/mol. The fraction of sp³-hybridized carbons (Fsp3) is 0.400. The summed E-state index contributed by atoms with van der Waals surface area (Å²) in [6.07, 6.45) is 3.15. The van der Waals surface area contributed by atoms with Gasteiger partial charge in [-0.05, 0) is 30.0 Å². The van der Waals surface area contributed by atoms with Gasteiger partial charge in [0.05, 0.1) is 12.2 Å². The summed E-state index contributed by atoms with van der Waals surface area (Å²) in [6.45, 7) is 5.74. The SMILES string of the molecule is C=CC(=O)N1CCC2(CC1)OCc1ccccc12.[Cl-].[H+]. The molecule has 1 amide bonds. The third-order valence-corrected chi connectivity index (χ3v) is 4.07. The van der Waals surface area contributed by atoms with Crippen molar-refractivity contribution in [3.8, 4) is 0 Å². The molecule has 0 atom stereocenters. The Balaban J connectivity index is 0.000001000. The second kappa shape index (κ2) is 5.35. The summed E-state index contributed by atoms with van der Waals surface area (Å²) in [5.41, 5.74) is 2.45. The van der Waals surface area contributed by atoms with Crippen LogP contribution in [0.25, 0.3) is 0 Å². The van der Waals surface area contributed by atoms with Crippen LogP contribution in [0, 0.1) is 0 Å². The van der Waals surface area contributed by atoms with Gasteiger partial charge in [0.15, 0.2) is 0 Å². The lowest BCUT2D eigenvalue weighted by Gasteiger charge is -2.38. The molecule has 102 valence electrons. The largest absolute Gasteiger partial charge is 1.00 e. The number of carbonyl (C=O) groups excluding carboxylic acids is 1. The Morgan fingerprint density at radius 1 is 1.37 bits per heavy atom. The number of likely N-dealkylation sites (tertiary alicyclic amines) is 1. The lowest BCUT2D eigenvalue weighted by atomic mass is 9.84. The van der Waals surface area contributed by atoms with Crippen molar-refractivity contribution in [1.82, 2.24) is 4.90 Å². The maximum Gasteiger partial charge on any atom is 1.00 e. The Kier molecular flexibility index (Phi) is 3.97. The van der Waals surface area contributed by atoms with E-state index in [0.717, 1.165) is 25.9 Å². The highest BCUT2D eigenvalue weighted by molar-refractivity contribution is 5.87. The number of amides is 1. The lowest BCUT2D eigenvalue weighted by molar-refractivity contribution is -0.133. The predicted molar refractivity (Wildman–Crippen MR) is 70.0 cm³/mol. The fourth-order valence-corrected chi connectivity index (χ4v) is 3.02. The van der Waals surface area contributed by atoms with E-state index in [4.69, 9.17) is 4.74 Å². The van der Waals surface area contributed by atoms with Crippen molar-refractivity contribution < 1.29 is 23.4 Å². The Morgan fingerprint density at radius 2 is 2.05 bits per heavy atom. The van der Waals surface area contributed by atoms with E-state index in [-0.39, 0.29) is 25.3 Å². The van der Waals surface area contributed by atoms with E-state index in [9.17, 15) is 4.79 Å². The quantitative estimate of drug-likeness (QED) is 0.639. The normalized spacial score (nSPS) is 19.7. The molecule has 4 heteroatoms. The number of halogens is 1. The first-order chi connectivity index (χ1) is 8.75. The zero-order valence-corrected chi connectivity index (χ0v) is 11.5. The van der Waals surface area contributed by atoms with Gasteiger partial charge in [-0.1, -0.05) is 30.8 Å². The molecule has 0 bridgehead atoms. The molecule has 0 aliphatic carbocycles.